The molecule has 1 atom stereocenters. The fraction of sp³-hybridized carbons (Fsp3) is 0.111. The van der Waals surface area contributed by atoms with Crippen LogP contribution in [0.1, 0.15) is 11.5 Å². The van der Waals surface area contributed by atoms with Gasteiger partial charge in [0, 0.05) is 0 Å². The van der Waals surface area contributed by atoms with Gasteiger partial charge in [0.2, 0.25) is 0 Å². The molecule has 1 amide bonds. The number of rotatable bonds is 3. The van der Waals surface area contributed by atoms with Crippen molar-refractivity contribution >= 4 is 11.9 Å². The van der Waals surface area contributed by atoms with Crippen molar-refractivity contribution in [1.29, 1.82) is 0 Å². The highest BCUT2D eigenvalue weighted by Gasteiger charge is 2.25. The molecule has 0 spiro atoms. The Hall–Kier alpha value is -1.84. The number of aliphatic carboxylic acids is 1. The predicted molar refractivity (Wildman–Crippen MR) is 44.9 cm³/mol. The van der Waals surface area contributed by atoms with Crippen LogP contribution in [0.4, 0.5) is 0 Å². The highest BCUT2D eigenvalue weighted by atomic mass is 16.4. The van der Waals surface area contributed by atoms with E-state index in [0.717, 1.165) is 0 Å². The number of carboxylic acids is 1. The van der Waals surface area contributed by atoms with E-state index in [1.807, 2.05) is 0 Å². The Morgan fingerprint density at radius 3 is 2.15 bits per heavy atom. The second-order valence-corrected chi connectivity index (χ2v) is 2.55. The van der Waals surface area contributed by atoms with Crippen molar-refractivity contribution in [2.75, 3.05) is 0 Å². The Labute approximate surface area is 75.0 Å². The Morgan fingerprint density at radius 1 is 1.23 bits per heavy atom. The highest BCUT2D eigenvalue weighted by molar-refractivity contribution is 6.01. The minimum atomic E-state index is -1.36. The summed E-state index contributed by atoms with van der Waals surface area (Å²) in [5.74, 6) is -3.74. The lowest BCUT2D eigenvalue weighted by atomic mass is 9.99. The van der Waals surface area contributed by atoms with E-state index in [2.05, 4.69) is 0 Å². The van der Waals surface area contributed by atoms with Gasteiger partial charge in [0.25, 0.3) is 5.91 Å². The molecule has 1 unspecified atom stereocenters. The Morgan fingerprint density at radius 2 is 1.77 bits per heavy atom. The minimum Gasteiger partial charge on any atom is -0.480 e. The van der Waals surface area contributed by atoms with Gasteiger partial charge in [-0.2, -0.15) is 0 Å². The van der Waals surface area contributed by atoms with Crippen molar-refractivity contribution in [3.63, 3.8) is 0 Å². The Bertz CT molecular complexity index is 307. The maximum absolute atomic E-state index is 10.7. The number of benzene rings is 1. The van der Waals surface area contributed by atoms with Crippen LogP contribution in [-0.2, 0) is 9.59 Å². The molecule has 1 rings (SSSR count). The lowest BCUT2D eigenvalue weighted by molar-refractivity contribution is -0.142. The molecule has 2 N–H and O–H groups in total. The molecule has 1 aromatic carbocycles. The van der Waals surface area contributed by atoms with E-state index in [1.54, 1.807) is 18.2 Å². The van der Waals surface area contributed by atoms with E-state index in [1.165, 1.54) is 12.1 Å². The summed E-state index contributed by atoms with van der Waals surface area (Å²) in [6.45, 7) is 0. The van der Waals surface area contributed by atoms with Crippen molar-refractivity contribution in [3.8, 4) is 0 Å². The van der Waals surface area contributed by atoms with E-state index in [-0.39, 0.29) is 0 Å². The fourth-order valence-corrected chi connectivity index (χ4v) is 1.05. The van der Waals surface area contributed by atoms with Crippen LogP contribution in [0.25, 0.3) is 0 Å². The first-order chi connectivity index (χ1) is 6.13. The molecule has 0 fully saturated rings. The number of amides is 1. The SMILES string of the molecule is [NH]C(=O)C(C(=O)O)c1ccccc1. The topological polar surface area (TPSA) is 78.2 Å². The molecule has 67 valence electrons. The summed E-state index contributed by atoms with van der Waals surface area (Å²) in [5.41, 5.74) is 7.13. The third-order valence-electron chi connectivity index (χ3n) is 1.64. The van der Waals surface area contributed by atoms with Gasteiger partial charge in [-0.1, -0.05) is 30.3 Å². The van der Waals surface area contributed by atoms with Crippen LogP contribution >= 0.6 is 0 Å². The molecular weight excluding hydrogens is 170 g/mol. The third kappa shape index (κ3) is 2.05. The summed E-state index contributed by atoms with van der Waals surface area (Å²) < 4.78 is 0. The van der Waals surface area contributed by atoms with Crippen molar-refractivity contribution in [2.24, 2.45) is 0 Å². The number of carboxylic acid groups (broad SMARTS) is 1. The normalized spacial score (nSPS) is 12.0. The van der Waals surface area contributed by atoms with Gasteiger partial charge in [0.1, 0.15) is 0 Å². The summed E-state index contributed by atoms with van der Waals surface area (Å²) in [7, 11) is 0. The van der Waals surface area contributed by atoms with E-state index >= 15 is 0 Å². The fourth-order valence-electron chi connectivity index (χ4n) is 1.05. The molecule has 1 radical (unpaired) electrons. The summed E-state index contributed by atoms with van der Waals surface area (Å²) in [6.07, 6.45) is 0. The quantitative estimate of drug-likeness (QED) is 0.690. The Balaban J connectivity index is 3.03. The molecule has 13 heavy (non-hydrogen) atoms. The molecule has 0 heterocycles. The standard InChI is InChI=1S/C9H8NO3/c10-8(11)7(9(12)13)6-4-2-1-3-5-6/h1-5,7,10H,(H,12,13). The molecule has 0 bridgehead atoms. The number of hydrogen-bond donors (Lipinski definition) is 1. The lowest BCUT2D eigenvalue weighted by Gasteiger charge is -2.06. The second kappa shape index (κ2) is 3.71. The van der Waals surface area contributed by atoms with Crippen LogP contribution in [0.3, 0.4) is 0 Å². The minimum absolute atomic E-state index is 0.343. The van der Waals surface area contributed by atoms with Gasteiger partial charge in [-0.3, -0.25) is 15.3 Å². The first kappa shape index (κ1) is 9.25. The molecule has 0 aliphatic heterocycles. The first-order valence-electron chi connectivity index (χ1n) is 3.66. The van der Waals surface area contributed by atoms with Crippen LogP contribution in [-0.4, -0.2) is 17.0 Å². The molecule has 4 heteroatoms. The number of carbonyl (C=O) groups excluding carboxylic acids is 1. The summed E-state index contributed by atoms with van der Waals surface area (Å²) in [4.78, 5) is 21.3. The largest absolute Gasteiger partial charge is 0.480 e. The maximum Gasteiger partial charge on any atom is 0.320 e. The van der Waals surface area contributed by atoms with E-state index < -0.39 is 17.8 Å². The second-order valence-electron chi connectivity index (χ2n) is 2.55. The first-order valence-corrected chi connectivity index (χ1v) is 3.66. The molecule has 0 aliphatic carbocycles. The van der Waals surface area contributed by atoms with Crippen molar-refractivity contribution in [2.45, 2.75) is 5.92 Å². The number of nitrogens with one attached hydrogen (secondary N) is 1. The van der Waals surface area contributed by atoms with Crippen molar-refractivity contribution in [1.82, 2.24) is 5.73 Å². The average molecular weight is 178 g/mol. The molecular formula is C9H8NO3. The van der Waals surface area contributed by atoms with Crippen LogP contribution in [0, 0.1) is 0 Å². The third-order valence-corrected chi connectivity index (χ3v) is 1.64. The molecule has 0 aliphatic rings. The monoisotopic (exact) mass is 178 g/mol. The van der Waals surface area contributed by atoms with E-state index in [4.69, 9.17) is 10.8 Å². The zero-order chi connectivity index (χ0) is 9.84. The maximum atomic E-state index is 10.7. The van der Waals surface area contributed by atoms with Gasteiger partial charge in [0.05, 0.1) is 0 Å². The molecule has 1 aromatic rings. The summed E-state index contributed by atoms with van der Waals surface area (Å²) >= 11 is 0. The average Bonchev–Trinajstić information content (AvgIpc) is 2.04. The van der Waals surface area contributed by atoms with Crippen LogP contribution in [0.15, 0.2) is 30.3 Å². The molecule has 4 nitrogen and oxygen atoms in total. The van der Waals surface area contributed by atoms with Gasteiger partial charge >= 0.3 is 5.97 Å². The molecule has 0 saturated heterocycles. The van der Waals surface area contributed by atoms with Gasteiger partial charge < -0.3 is 5.11 Å². The van der Waals surface area contributed by atoms with Crippen LogP contribution in [0.2, 0.25) is 0 Å². The van der Waals surface area contributed by atoms with Gasteiger partial charge in [0.15, 0.2) is 5.92 Å². The molecule has 0 saturated carbocycles. The Kier molecular flexibility index (Phi) is 2.64. The number of carbonyl (C=O) groups is 2. The van der Waals surface area contributed by atoms with Crippen molar-refractivity contribution < 1.29 is 14.7 Å². The van der Waals surface area contributed by atoms with Gasteiger partial charge in [-0.15, -0.1) is 0 Å². The van der Waals surface area contributed by atoms with Crippen LogP contribution in [0.5, 0.6) is 0 Å². The van der Waals surface area contributed by atoms with Crippen molar-refractivity contribution in [3.05, 3.63) is 35.9 Å². The zero-order valence-corrected chi connectivity index (χ0v) is 6.73. The smallest absolute Gasteiger partial charge is 0.320 e. The lowest BCUT2D eigenvalue weighted by Crippen LogP contribution is -2.21. The highest BCUT2D eigenvalue weighted by Crippen LogP contribution is 2.15. The number of hydrogen-bond acceptors (Lipinski definition) is 2. The summed E-state index contributed by atoms with van der Waals surface area (Å²) in [5, 5.41) is 8.66. The summed E-state index contributed by atoms with van der Waals surface area (Å²) in [6, 6.07) is 8.02. The zero-order valence-electron chi connectivity index (χ0n) is 6.73. The van der Waals surface area contributed by atoms with Gasteiger partial charge in [-0.05, 0) is 5.56 Å². The van der Waals surface area contributed by atoms with Gasteiger partial charge in [-0.25, -0.2) is 0 Å². The van der Waals surface area contributed by atoms with E-state index in [9.17, 15) is 9.59 Å². The molecule has 0 aromatic heterocycles. The predicted octanol–water partition coefficient (Wildman–Crippen LogP) is 0.664. The van der Waals surface area contributed by atoms with E-state index in [0.29, 0.717) is 5.56 Å². The van der Waals surface area contributed by atoms with Crippen LogP contribution < -0.4 is 5.73 Å².